The SMILES string of the molecule is c1ccc(CN2CN(Cc3cccnc3)Cn3c2nc2ccccc23)cc1. The Bertz CT molecular complexity index is 1040. The molecule has 5 rings (SSSR count). The fourth-order valence-electron chi connectivity index (χ4n) is 3.77. The number of nitrogens with zero attached hydrogens (tertiary/aromatic N) is 5. The van der Waals surface area contributed by atoms with E-state index in [2.05, 4.69) is 80.0 Å². The lowest BCUT2D eigenvalue weighted by Crippen LogP contribution is -2.44. The van der Waals surface area contributed by atoms with E-state index in [4.69, 9.17) is 4.98 Å². The van der Waals surface area contributed by atoms with Crippen LogP contribution >= 0.6 is 0 Å². The zero-order valence-corrected chi connectivity index (χ0v) is 15.1. The van der Waals surface area contributed by atoms with Crippen LogP contribution in [0.1, 0.15) is 11.1 Å². The zero-order chi connectivity index (χ0) is 18.1. The number of benzene rings is 2. The van der Waals surface area contributed by atoms with Gasteiger partial charge in [-0.15, -0.1) is 0 Å². The van der Waals surface area contributed by atoms with E-state index in [0.717, 1.165) is 37.9 Å². The highest BCUT2D eigenvalue weighted by Gasteiger charge is 2.26. The predicted octanol–water partition coefficient (Wildman–Crippen LogP) is 3.87. The average molecular weight is 355 g/mol. The molecule has 27 heavy (non-hydrogen) atoms. The van der Waals surface area contributed by atoms with Gasteiger partial charge in [-0.1, -0.05) is 48.5 Å². The summed E-state index contributed by atoms with van der Waals surface area (Å²) in [6, 6.07) is 23.1. The van der Waals surface area contributed by atoms with Crippen molar-refractivity contribution in [1.82, 2.24) is 19.4 Å². The van der Waals surface area contributed by atoms with E-state index in [1.807, 2.05) is 18.5 Å². The van der Waals surface area contributed by atoms with Gasteiger partial charge in [0.2, 0.25) is 5.95 Å². The summed E-state index contributed by atoms with van der Waals surface area (Å²) in [6.45, 7) is 3.38. The van der Waals surface area contributed by atoms with E-state index >= 15 is 0 Å². The van der Waals surface area contributed by atoms with Crippen molar-refractivity contribution >= 4 is 17.0 Å². The summed E-state index contributed by atoms with van der Waals surface area (Å²) in [4.78, 5) is 14.0. The van der Waals surface area contributed by atoms with E-state index in [1.165, 1.54) is 16.6 Å². The molecule has 134 valence electrons. The minimum Gasteiger partial charge on any atom is -0.325 e. The van der Waals surface area contributed by atoms with Crippen molar-refractivity contribution in [2.75, 3.05) is 11.6 Å². The van der Waals surface area contributed by atoms with Crippen molar-refractivity contribution in [2.45, 2.75) is 19.8 Å². The summed E-state index contributed by atoms with van der Waals surface area (Å²) in [7, 11) is 0. The van der Waals surface area contributed by atoms with Gasteiger partial charge in [0.25, 0.3) is 0 Å². The highest BCUT2D eigenvalue weighted by molar-refractivity contribution is 5.79. The summed E-state index contributed by atoms with van der Waals surface area (Å²) in [6.07, 6.45) is 3.77. The molecule has 1 aliphatic rings. The smallest absolute Gasteiger partial charge is 0.209 e. The zero-order valence-electron chi connectivity index (χ0n) is 15.1. The summed E-state index contributed by atoms with van der Waals surface area (Å²) >= 11 is 0. The molecule has 0 fully saturated rings. The molecular formula is C22H21N5. The number of hydrogen-bond donors (Lipinski definition) is 0. The minimum absolute atomic E-state index is 0.829. The van der Waals surface area contributed by atoms with Gasteiger partial charge in [0, 0.05) is 25.5 Å². The van der Waals surface area contributed by atoms with Crippen molar-refractivity contribution in [2.24, 2.45) is 0 Å². The maximum absolute atomic E-state index is 4.92. The molecule has 5 heteroatoms. The molecule has 0 saturated carbocycles. The Labute approximate surface area is 158 Å². The maximum Gasteiger partial charge on any atom is 0.209 e. The van der Waals surface area contributed by atoms with Crippen LogP contribution in [0.15, 0.2) is 79.1 Å². The van der Waals surface area contributed by atoms with Crippen LogP contribution in [0.25, 0.3) is 11.0 Å². The van der Waals surface area contributed by atoms with E-state index in [9.17, 15) is 0 Å². The van der Waals surface area contributed by atoms with E-state index in [-0.39, 0.29) is 0 Å². The number of imidazole rings is 1. The lowest BCUT2D eigenvalue weighted by Gasteiger charge is -2.37. The van der Waals surface area contributed by atoms with Gasteiger partial charge >= 0.3 is 0 Å². The molecule has 0 spiro atoms. The molecule has 2 aromatic carbocycles. The molecule has 2 aromatic heterocycles. The Morgan fingerprint density at radius 2 is 1.59 bits per heavy atom. The molecule has 0 radical (unpaired) electrons. The first-order valence-corrected chi connectivity index (χ1v) is 9.22. The van der Waals surface area contributed by atoms with Crippen LogP contribution in [0.2, 0.25) is 0 Å². The van der Waals surface area contributed by atoms with Crippen LogP contribution in [0.5, 0.6) is 0 Å². The molecular weight excluding hydrogens is 334 g/mol. The third-order valence-corrected chi connectivity index (χ3v) is 4.97. The van der Waals surface area contributed by atoms with Crippen molar-refractivity contribution in [3.63, 3.8) is 0 Å². The Morgan fingerprint density at radius 1 is 0.778 bits per heavy atom. The van der Waals surface area contributed by atoms with Gasteiger partial charge in [0.15, 0.2) is 0 Å². The minimum atomic E-state index is 0.829. The molecule has 0 atom stereocenters. The van der Waals surface area contributed by atoms with Crippen LogP contribution < -0.4 is 4.90 Å². The van der Waals surface area contributed by atoms with Crippen LogP contribution in [0.4, 0.5) is 5.95 Å². The molecule has 0 unspecified atom stereocenters. The number of fused-ring (bicyclic) bond motifs is 3. The van der Waals surface area contributed by atoms with E-state index in [1.54, 1.807) is 0 Å². The van der Waals surface area contributed by atoms with Crippen LogP contribution in [0.3, 0.4) is 0 Å². The summed E-state index contributed by atoms with van der Waals surface area (Å²) in [5.74, 6) is 1.04. The number of para-hydroxylation sites is 2. The Hall–Kier alpha value is -3.18. The highest BCUT2D eigenvalue weighted by atomic mass is 15.5. The molecule has 0 saturated heterocycles. The normalized spacial score (nSPS) is 14.4. The molecule has 0 aliphatic carbocycles. The van der Waals surface area contributed by atoms with Gasteiger partial charge in [-0.3, -0.25) is 14.5 Å². The second-order valence-electron chi connectivity index (χ2n) is 6.99. The van der Waals surface area contributed by atoms with Crippen molar-refractivity contribution in [3.05, 3.63) is 90.3 Å². The third kappa shape index (κ3) is 3.17. The molecule has 1 aliphatic heterocycles. The first-order chi connectivity index (χ1) is 13.4. The monoisotopic (exact) mass is 355 g/mol. The quantitative estimate of drug-likeness (QED) is 0.557. The van der Waals surface area contributed by atoms with Crippen molar-refractivity contribution in [1.29, 1.82) is 0 Å². The first kappa shape index (κ1) is 16.0. The van der Waals surface area contributed by atoms with E-state index in [0.29, 0.717) is 0 Å². The first-order valence-electron chi connectivity index (χ1n) is 9.22. The van der Waals surface area contributed by atoms with Crippen LogP contribution in [-0.2, 0) is 19.8 Å². The van der Waals surface area contributed by atoms with Gasteiger partial charge in [-0.25, -0.2) is 4.98 Å². The van der Waals surface area contributed by atoms with Gasteiger partial charge in [-0.2, -0.15) is 0 Å². The second-order valence-corrected chi connectivity index (χ2v) is 6.99. The Balaban J connectivity index is 1.51. The number of hydrogen-bond acceptors (Lipinski definition) is 4. The number of rotatable bonds is 4. The largest absolute Gasteiger partial charge is 0.325 e. The van der Waals surface area contributed by atoms with E-state index < -0.39 is 0 Å². The average Bonchev–Trinajstić information content (AvgIpc) is 3.09. The Morgan fingerprint density at radius 3 is 2.44 bits per heavy atom. The molecule has 0 bridgehead atoms. The molecule has 0 N–H and O–H groups in total. The molecule has 4 aromatic rings. The van der Waals surface area contributed by atoms with Crippen LogP contribution in [0, 0.1) is 0 Å². The van der Waals surface area contributed by atoms with Gasteiger partial charge in [-0.05, 0) is 29.3 Å². The second kappa shape index (κ2) is 6.85. The number of anilines is 1. The lowest BCUT2D eigenvalue weighted by molar-refractivity contribution is 0.189. The predicted molar refractivity (Wildman–Crippen MR) is 107 cm³/mol. The van der Waals surface area contributed by atoms with Gasteiger partial charge in [0.05, 0.1) is 24.4 Å². The number of aromatic nitrogens is 3. The summed E-state index contributed by atoms with van der Waals surface area (Å²) in [5, 5.41) is 0. The maximum atomic E-state index is 4.92. The fourth-order valence-corrected chi connectivity index (χ4v) is 3.77. The molecule has 5 nitrogen and oxygen atoms in total. The molecule has 0 amide bonds. The van der Waals surface area contributed by atoms with Gasteiger partial charge < -0.3 is 4.90 Å². The van der Waals surface area contributed by atoms with Crippen molar-refractivity contribution in [3.8, 4) is 0 Å². The topological polar surface area (TPSA) is 37.2 Å². The van der Waals surface area contributed by atoms with Crippen molar-refractivity contribution < 1.29 is 0 Å². The fraction of sp³-hybridized carbons (Fsp3) is 0.182. The summed E-state index contributed by atoms with van der Waals surface area (Å²) < 4.78 is 2.32. The summed E-state index contributed by atoms with van der Waals surface area (Å²) in [5.41, 5.74) is 4.75. The highest BCUT2D eigenvalue weighted by Crippen LogP contribution is 2.28. The number of pyridine rings is 1. The molecule has 3 heterocycles. The van der Waals surface area contributed by atoms with Gasteiger partial charge in [0.1, 0.15) is 0 Å². The third-order valence-electron chi connectivity index (χ3n) is 4.97. The Kier molecular flexibility index (Phi) is 4.07. The van der Waals surface area contributed by atoms with Crippen LogP contribution in [-0.4, -0.2) is 26.1 Å². The standard InChI is InChI=1S/C22H21N5/c1-2-7-18(8-3-1)15-26-16-25(14-19-9-6-12-23-13-19)17-27-21-11-5-4-10-20(21)24-22(26)27/h1-13H,14-17H2. The lowest BCUT2D eigenvalue weighted by atomic mass is 10.2.